The molecule has 1 saturated carbocycles. The third-order valence-corrected chi connectivity index (χ3v) is 6.32. The smallest absolute Gasteiger partial charge is 0.252 e. The minimum atomic E-state index is -0.113. The van der Waals surface area contributed by atoms with Crippen molar-refractivity contribution in [3.63, 3.8) is 0 Å². The van der Waals surface area contributed by atoms with Crippen molar-refractivity contribution in [1.29, 1.82) is 0 Å². The molecular formula is C24H27N5O2. The fourth-order valence-electron chi connectivity index (χ4n) is 4.46. The first kappa shape index (κ1) is 19.7. The van der Waals surface area contributed by atoms with Gasteiger partial charge in [0, 0.05) is 44.7 Å². The molecule has 2 aromatic heterocycles. The standard InChI is InChI=1S/C24H27N5O2/c1-15-22-19(12-20(16-9-10-16)26-23(22)28(2)27-15)24(31)25-13-17-6-3-4-7-18(17)14-29-11-5-8-21(29)30/h3-4,6-7,12,16H,5,8-11,13-14H2,1-2H3,(H,25,31). The van der Waals surface area contributed by atoms with E-state index in [9.17, 15) is 9.59 Å². The number of pyridine rings is 1. The topological polar surface area (TPSA) is 80.1 Å². The first-order chi connectivity index (χ1) is 15.0. The van der Waals surface area contributed by atoms with Gasteiger partial charge in [-0.1, -0.05) is 24.3 Å². The highest BCUT2D eigenvalue weighted by atomic mass is 16.2. The molecule has 0 radical (unpaired) electrons. The zero-order valence-corrected chi connectivity index (χ0v) is 18.0. The van der Waals surface area contributed by atoms with Crippen LogP contribution in [0.1, 0.15) is 64.5 Å². The maximum Gasteiger partial charge on any atom is 0.252 e. The van der Waals surface area contributed by atoms with E-state index in [-0.39, 0.29) is 11.8 Å². The molecule has 1 aliphatic heterocycles. The number of aryl methyl sites for hydroxylation is 2. The summed E-state index contributed by atoms with van der Waals surface area (Å²) in [5.74, 6) is 0.542. The minimum Gasteiger partial charge on any atom is -0.348 e. The Morgan fingerprint density at radius 3 is 2.71 bits per heavy atom. The summed E-state index contributed by atoms with van der Waals surface area (Å²) in [5.41, 5.74) is 5.31. The van der Waals surface area contributed by atoms with Gasteiger partial charge in [-0.25, -0.2) is 4.98 Å². The van der Waals surface area contributed by atoms with Crippen molar-refractivity contribution in [3.05, 3.63) is 58.4 Å². The van der Waals surface area contributed by atoms with Crippen LogP contribution in [0.5, 0.6) is 0 Å². The van der Waals surface area contributed by atoms with Crippen LogP contribution in [0.4, 0.5) is 0 Å². The quantitative estimate of drug-likeness (QED) is 0.668. The number of likely N-dealkylation sites (tertiary alicyclic amines) is 1. The molecule has 2 amide bonds. The number of nitrogens with one attached hydrogen (secondary N) is 1. The first-order valence-electron chi connectivity index (χ1n) is 11.0. The highest BCUT2D eigenvalue weighted by molar-refractivity contribution is 6.06. The van der Waals surface area contributed by atoms with E-state index in [0.717, 1.165) is 59.4 Å². The molecule has 1 aliphatic carbocycles. The van der Waals surface area contributed by atoms with Gasteiger partial charge in [-0.15, -0.1) is 0 Å². The third-order valence-electron chi connectivity index (χ3n) is 6.32. The van der Waals surface area contributed by atoms with E-state index in [2.05, 4.69) is 10.4 Å². The molecule has 2 aliphatic rings. The Kier molecular flexibility index (Phi) is 4.96. The molecule has 160 valence electrons. The van der Waals surface area contributed by atoms with Crippen molar-refractivity contribution in [2.24, 2.45) is 7.05 Å². The first-order valence-corrected chi connectivity index (χ1v) is 11.0. The highest BCUT2D eigenvalue weighted by Gasteiger charge is 2.28. The third kappa shape index (κ3) is 3.80. The van der Waals surface area contributed by atoms with Gasteiger partial charge in [-0.05, 0) is 43.4 Å². The Hall–Kier alpha value is -3.22. The van der Waals surface area contributed by atoms with Crippen LogP contribution in [0.2, 0.25) is 0 Å². The van der Waals surface area contributed by atoms with Crippen LogP contribution in [0.25, 0.3) is 11.0 Å². The molecule has 1 saturated heterocycles. The number of benzene rings is 1. The van der Waals surface area contributed by atoms with Gasteiger partial charge in [0.25, 0.3) is 5.91 Å². The van der Waals surface area contributed by atoms with Gasteiger partial charge in [0.05, 0.1) is 16.6 Å². The summed E-state index contributed by atoms with van der Waals surface area (Å²) in [6.07, 6.45) is 3.80. The van der Waals surface area contributed by atoms with Gasteiger partial charge >= 0.3 is 0 Å². The van der Waals surface area contributed by atoms with E-state index < -0.39 is 0 Å². The maximum atomic E-state index is 13.3. The lowest BCUT2D eigenvalue weighted by molar-refractivity contribution is -0.128. The van der Waals surface area contributed by atoms with Crippen molar-refractivity contribution in [3.8, 4) is 0 Å². The average Bonchev–Trinajstić information content (AvgIpc) is 3.48. The molecular weight excluding hydrogens is 390 g/mol. The van der Waals surface area contributed by atoms with E-state index >= 15 is 0 Å². The summed E-state index contributed by atoms with van der Waals surface area (Å²) in [7, 11) is 1.87. The predicted octanol–water partition coefficient (Wildman–Crippen LogP) is 3.21. The lowest BCUT2D eigenvalue weighted by atomic mass is 10.1. The SMILES string of the molecule is Cc1nn(C)c2nc(C3CC3)cc(C(=O)NCc3ccccc3CN3CCCC3=O)c12. The number of carbonyl (C=O) groups excluding carboxylic acids is 2. The van der Waals surface area contributed by atoms with E-state index in [0.29, 0.717) is 31.0 Å². The van der Waals surface area contributed by atoms with Gasteiger partial charge in [-0.2, -0.15) is 5.10 Å². The van der Waals surface area contributed by atoms with Crippen LogP contribution in [-0.4, -0.2) is 38.0 Å². The van der Waals surface area contributed by atoms with E-state index in [1.54, 1.807) is 4.68 Å². The number of hydrogen-bond acceptors (Lipinski definition) is 4. The van der Waals surface area contributed by atoms with Crippen molar-refractivity contribution < 1.29 is 9.59 Å². The number of carbonyl (C=O) groups is 2. The molecule has 5 rings (SSSR count). The predicted molar refractivity (Wildman–Crippen MR) is 117 cm³/mol. The van der Waals surface area contributed by atoms with Crippen molar-refractivity contribution >= 4 is 22.8 Å². The second-order valence-electron chi connectivity index (χ2n) is 8.65. The fourth-order valence-corrected chi connectivity index (χ4v) is 4.46. The molecule has 3 heterocycles. The van der Waals surface area contributed by atoms with E-state index in [1.807, 2.05) is 49.2 Å². The van der Waals surface area contributed by atoms with Crippen LogP contribution in [0, 0.1) is 6.92 Å². The van der Waals surface area contributed by atoms with E-state index in [4.69, 9.17) is 4.98 Å². The average molecular weight is 418 g/mol. The Bertz CT molecular complexity index is 1180. The second kappa shape index (κ2) is 7.80. The lowest BCUT2D eigenvalue weighted by Crippen LogP contribution is -2.27. The molecule has 2 fully saturated rings. The van der Waals surface area contributed by atoms with Crippen LogP contribution in [0.3, 0.4) is 0 Å². The van der Waals surface area contributed by atoms with E-state index in [1.165, 1.54) is 0 Å². The number of aromatic nitrogens is 3. The highest BCUT2D eigenvalue weighted by Crippen LogP contribution is 2.40. The van der Waals surface area contributed by atoms with Crippen LogP contribution in [0.15, 0.2) is 30.3 Å². The van der Waals surface area contributed by atoms with Gasteiger partial charge in [0.15, 0.2) is 5.65 Å². The number of rotatable bonds is 6. The summed E-state index contributed by atoms with van der Waals surface area (Å²) in [5, 5.41) is 8.41. The van der Waals surface area contributed by atoms with Gasteiger partial charge in [0.1, 0.15) is 0 Å². The van der Waals surface area contributed by atoms with Crippen molar-refractivity contribution in [1.82, 2.24) is 25.0 Å². The summed E-state index contributed by atoms with van der Waals surface area (Å²) in [4.78, 5) is 32.0. The molecule has 0 atom stereocenters. The van der Waals surface area contributed by atoms with Crippen molar-refractivity contribution in [2.75, 3.05) is 6.54 Å². The molecule has 0 unspecified atom stereocenters. The Labute approximate surface area is 181 Å². The normalized spacial score (nSPS) is 16.3. The van der Waals surface area contributed by atoms with Crippen LogP contribution in [-0.2, 0) is 24.9 Å². The zero-order valence-electron chi connectivity index (χ0n) is 18.0. The molecule has 3 aromatic rings. The zero-order chi connectivity index (χ0) is 21.5. The van der Waals surface area contributed by atoms with Crippen LogP contribution < -0.4 is 5.32 Å². The molecule has 31 heavy (non-hydrogen) atoms. The number of fused-ring (bicyclic) bond motifs is 1. The Morgan fingerprint density at radius 2 is 2.00 bits per heavy atom. The largest absolute Gasteiger partial charge is 0.348 e. The van der Waals surface area contributed by atoms with Crippen molar-refractivity contribution in [2.45, 2.75) is 51.6 Å². The Morgan fingerprint density at radius 1 is 1.23 bits per heavy atom. The summed E-state index contributed by atoms with van der Waals surface area (Å²) < 4.78 is 1.76. The lowest BCUT2D eigenvalue weighted by Gasteiger charge is -2.18. The molecule has 1 aromatic carbocycles. The minimum absolute atomic E-state index is 0.113. The molecule has 7 heteroatoms. The Balaban J connectivity index is 1.39. The number of hydrogen-bond donors (Lipinski definition) is 1. The summed E-state index contributed by atoms with van der Waals surface area (Å²) >= 11 is 0. The molecule has 0 bridgehead atoms. The number of amides is 2. The number of nitrogens with zero attached hydrogens (tertiary/aromatic N) is 4. The summed E-state index contributed by atoms with van der Waals surface area (Å²) in [6.45, 7) is 3.73. The monoisotopic (exact) mass is 417 g/mol. The maximum absolute atomic E-state index is 13.3. The summed E-state index contributed by atoms with van der Waals surface area (Å²) in [6, 6.07) is 9.95. The van der Waals surface area contributed by atoms with Crippen LogP contribution >= 0.6 is 0 Å². The molecule has 7 nitrogen and oxygen atoms in total. The molecule has 0 spiro atoms. The van der Waals surface area contributed by atoms with Gasteiger partial charge < -0.3 is 10.2 Å². The molecule has 1 N–H and O–H groups in total. The van der Waals surface area contributed by atoms with Gasteiger partial charge in [0.2, 0.25) is 5.91 Å². The second-order valence-corrected chi connectivity index (χ2v) is 8.65. The fraction of sp³-hybridized carbons (Fsp3) is 0.417. The van der Waals surface area contributed by atoms with Gasteiger partial charge in [-0.3, -0.25) is 14.3 Å².